The van der Waals surface area contributed by atoms with Gasteiger partial charge in [0.05, 0.1) is 5.75 Å². The Labute approximate surface area is 148 Å². The first-order chi connectivity index (χ1) is 12.1. The van der Waals surface area contributed by atoms with E-state index in [9.17, 15) is 9.59 Å². The minimum absolute atomic E-state index is 0.0917. The van der Waals surface area contributed by atoms with Gasteiger partial charge in [-0.1, -0.05) is 60.3 Å². The Morgan fingerprint density at radius 2 is 1.68 bits per heavy atom. The number of amides is 1. The Morgan fingerprint density at radius 1 is 1.04 bits per heavy atom. The summed E-state index contributed by atoms with van der Waals surface area (Å²) in [6.45, 7) is 0. The van der Waals surface area contributed by atoms with Crippen LogP contribution in [0.2, 0.25) is 0 Å². The van der Waals surface area contributed by atoms with Crippen molar-refractivity contribution in [2.45, 2.75) is 5.16 Å². The summed E-state index contributed by atoms with van der Waals surface area (Å²) in [5.41, 5.74) is 1.45. The predicted octanol–water partition coefficient (Wildman–Crippen LogP) is 2.59. The van der Waals surface area contributed by atoms with Gasteiger partial charge < -0.3 is 4.90 Å². The Morgan fingerprint density at radius 3 is 2.32 bits per heavy atom. The van der Waals surface area contributed by atoms with E-state index in [4.69, 9.17) is 0 Å². The molecule has 0 saturated carbocycles. The van der Waals surface area contributed by atoms with Crippen LogP contribution in [-0.2, 0) is 4.79 Å². The Balaban J connectivity index is 1.67. The van der Waals surface area contributed by atoms with Gasteiger partial charge >= 0.3 is 0 Å². The standard InChI is InChI=1S/C18H16N4O2S/c1-22(14-10-6-3-7-11-14)15(23)12-25-18-19-17(24)16(20-21-18)13-8-4-2-5-9-13/h2-11H,12H2,1H3,(H,19,21,24). The van der Waals surface area contributed by atoms with Crippen LogP contribution in [0, 0.1) is 0 Å². The van der Waals surface area contributed by atoms with Crippen molar-refractivity contribution in [3.05, 3.63) is 71.0 Å². The molecule has 6 nitrogen and oxygen atoms in total. The van der Waals surface area contributed by atoms with Crippen LogP contribution in [-0.4, -0.2) is 33.9 Å². The lowest BCUT2D eigenvalue weighted by molar-refractivity contribution is -0.115. The number of aromatic amines is 1. The van der Waals surface area contributed by atoms with E-state index in [0.717, 1.165) is 17.4 Å². The number of aromatic nitrogens is 3. The molecule has 0 atom stereocenters. The first-order valence-electron chi connectivity index (χ1n) is 7.62. The number of nitrogens with zero attached hydrogens (tertiary/aromatic N) is 3. The molecule has 0 fully saturated rings. The van der Waals surface area contributed by atoms with Crippen molar-refractivity contribution in [2.75, 3.05) is 17.7 Å². The van der Waals surface area contributed by atoms with Gasteiger partial charge in [0.15, 0.2) is 10.9 Å². The fourth-order valence-corrected chi connectivity index (χ4v) is 2.91. The summed E-state index contributed by atoms with van der Waals surface area (Å²) in [6, 6.07) is 18.5. The summed E-state index contributed by atoms with van der Waals surface area (Å²) in [6.07, 6.45) is 0. The molecule has 0 aliphatic rings. The van der Waals surface area contributed by atoms with Crippen molar-refractivity contribution in [1.82, 2.24) is 15.2 Å². The number of nitrogens with one attached hydrogen (secondary N) is 1. The monoisotopic (exact) mass is 352 g/mol. The van der Waals surface area contributed by atoms with Crippen LogP contribution in [0.1, 0.15) is 0 Å². The number of rotatable bonds is 5. The highest BCUT2D eigenvalue weighted by molar-refractivity contribution is 7.99. The highest BCUT2D eigenvalue weighted by atomic mass is 32.2. The molecule has 1 aromatic heterocycles. The SMILES string of the molecule is CN(C(=O)CSc1nnc(-c2ccccc2)c(=O)[nH]1)c1ccccc1. The summed E-state index contributed by atoms with van der Waals surface area (Å²) in [5.74, 6) is 0.0618. The molecule has 0 radical (unpaired) electrons. The van der Waals surface area contributed by atoms with Crippen molar-refractivity contribution >= 4 is 23.4 Å². The van der Waals surface area contributed by atoms with Crippen molar-refractivity contribution in [2.24, 2.45) is 0 Å². The Hall–Kier alpha value is -2.93. The highest BCUT2D eigenvalue weighted by Crippen LogP contribution is 2.17. The average Bonchev–Trinajstić information content (AvgIpc) is 2.67. The van der Waals surface area contributed by atoms with Gasteiger partial charge in [-0.15, -0.1) is 10.2 Å². The summed E-state index contributed by atoms with van der Waals surface area (Å²) < 4.78 is 0. The van der Waals surface area contributed by atoms with Crippen LogP contribution in [0.25, 0.3) is 11.3 Å². The van der Waals surface area contributed by atoms with Gasteiger partial charge in [-0.05, 0) is 12.1 Å². The smallest absolute Gasteiger partial charge is 0.278 e. The van der Waals surface area contributed by atoms with E-state index in [1.807, 2.05) is 48.5 Å². The number of H-pyrrole nitrogens is 1. The number of hydrogen-bond acceptors (Lipinski definition) is 5. The number of hydrogen-bond donors (Lipinski definition) is 1. The lowest BCUT2D eigenvalue weighted by Crippen LogP contribution is -2.28. The molecular formula is C18H16N4O2S. The van der Waals surface area contributed by atoms with E-state index in [0.29, 0.717) is 10.7 Å². The zero-order chi connectivity index (χ0) is 17.6. The first-order valence-corrected chi connectivity index (χ1v) is 8.60. The lowest BCUT2D eigenvalue weighted by Gasteiger charge is -2.16. The van der Waals surface area contributed by atoms with Crippen molar-refractivity contribution in [1.29, 1.82) is 0 Å². The number of anilines is 1. The fourth-order valence-electron chi connectivity index (χ4n) is 2.19. The van der Waals surface area contributed by atoms with E-state index in [1.54, 1.807) is 24.1 Å². The van der Waals surface area contributed by atoms with Crippen molar-refractivity contribution in [3.8, 4) is 11.3 Å². The van der Waals surface area contributed by atoms with Crippen LogP contribution in [0.15, 0.2) is 70.6 Å². The van der Waals surface area contributed by atoms with Crippen LogP contribution >= 0.6 is 11.8 Å². The maximum atomic E-state index is 12.3. The zero-order valence-electron chi connectivity index (χ0n) is 13.5. The topological polar surface area (TPSA) is 79.0 Å². The van der Waals surface area contributed by atoms with Crippen LogP contribution in [0.4, 0.5) is 5.69 Å². The average molecular weight is 352 g/mol. The van der Waals surface area contributed by atoms with Gasteiger partial charge in [-0.25, -0.2) is 0 Å². The van der Waals surface area contributed by atoms with E-state index in [-0.39, 0.29) is 22.9 Å². The molecule has 126 valence electrons. The maximum absolute atomic E-state index is 12.3. The number of carbonyl (C=O) groups is 1. The Kier molecular flexibility index (Phi) is 5.25. The van der Waals surface area contributed by atoms with Gasteiger partial charge in [0.2, 0.25) is 5.91 Å². The maximum Gasteiger partial charge on any atom is 0.278 e. The zero-order valence-corrected chi connectivity index (χ0v) is 14.4. The third kappa shape index (κ3) is 4.13. The minimum Gasteiger partial charge on any atom is -0.315 e. The van der Waals surface area contributed by atoms with Gasteiger partial charge in [0, 0.05) is 18.3 Å². The second-order valence-electron chi connectivity index (χ2n) is 5.25. The van der Waals surface area contributed by atoms with E-state index >= 15 is 0 Å². The third-order valence-corrected chi connectivity index (χ3v) is 4.42. The molecule has 25 heavy (non-hydrogen) atoms. The van der Waals surface area contributed by atoms with Gasteiger partial charge in [0.1, 0.15) is 0 Å². The molecule has 1 amide bonds. The number of thioether (sulfide) groups is 1. The van der Waals surface area contributed by atoms with Crippen molar-refractivity contribution in [3.63, 3.8) is 0 Å². The summed E-state index contributed by atoms with van der Waals surface area (Å²) >= 11 is 1.15. The number of benzene rings is 2. The summed E-state index contributed by atoms with van der Waals surface area (Å²) in [4.78, 5) is 28.7. The molecule has 0 bridgehead atoms. The first kappa shape index (κ1) is 16.9. The highest BCUT2D eigenvalue weighted by Gasteiger charge is 2.13. The quantitative estimate of drug-likeness (QED) is 0.714. The van der Waals surface area contributed by atoms with E-state index in [2.05, 4.69) is 15.2 Å². The fraction of sp³-hybridized carbons (Fsp3) is 0.111. The molecule has 3 rings (SSSR count). The molecule has 7 heteroatoms. The number of para-hydroxylation sites is 1. The summed E-state index contributed by atoms with van der Waals surface area (Å²) in [7, 11) is 1.71. The molecule has 3 aromatic rings. The second kappa shape index (κ2) is 7.76. The molecule has 0 unspecified atom stereocenters. The molecular weight excluding hydrogens is 336 g/mol. The molecule has 0 spiro atoms. The molecule has 0 aliphatic carbocycles. The van der Waals surface area contributed by atoms with E-state index < -0.39 is 0 Å². The van der Waals surface area contributed by atoms with Gasteiger partial charge in [-0.2, -0.15) is 0 Å². The van der Waals surface area contributed by atoms with E-state index in [1.165, 1.54) is 0 Å². The lowest BCUT2D eigenvalue weighted by atomic mass is 10.2. The van der Waals surface area contributed by atoms with Crippen LogP contribution in [0.3, 0.4) is 0 Å². The normalized spacial score (nSPS) is 10.4. The number of carbonyl (C=O) groups excluding carboxylic acids is 1. The van der Waals surface area contributed by atoms with Gasteiger partial charge in [0.25, 0.3) is 5.56 Å². The van der Waals surface area contributed by atoms with Crippen LogP contribution in [0.5, 0.6) is 0 Å². The minimum atomic E-state index is -0.326. The third-order valence-electron chi connectivity index (χ3n) is 3.57. The Bertz CT molecular complexity index is 913. The second-order valence-corrected chi connectivity index (χ2v) is 6.21. The molecule has 0 saturated heterocycles. The van der Waals surface area contributed by atoms with Crippen molar-refractivity contribution < 1.29 is 4.79 Å². The summed E-state index contributed by atoms with van der Waals surface area (Å²) in [5, 5.41) is 8.32. The largest absolute Gasteiger partial charge is 0.315 e. The van der Waals surface area contributed by atoms with Crippen LogP contribution < -0.4 is 10.5 Å². The molecule has 2 aromatic carbocycles. The predicted molar refractivity (Wildman–Crippen MR) is 98.7 cm³/mol. The molecule has 1 N–H and O–H groups in total. The van der Waals surface area contributed by atoms with Gasteiger partial charge in [-0.3, -0.25) is 14.6 Å². The molecule has 0 aliphatic heterocycles. The molecule has 1 heterocycles.